The minimum atomic E-state index is -0.714. The number of carbonyl (C=O) groups is 1. The van der Waals surface area contributed by atoms with Crippen molar-refractivity contribution in [3.05, 3.63) is 91.9 Å². The molecule has 194 valence electrons. The Balaban J connectivity index is 1.86. The SMILES string of the molecule is Cc1cc([C@@H](C)Nc2ccc(Cl)nc2C(=O)OC(C)(C)C)c2oc(-c3ccccc3C#N)c(C)c(=O)c2c1. The van der Waals surface area contributed by atoms with Gasteiger partial charge in [0.1, 0.15) is 22.1 Å². The Morgan fingerprint density at radius 1 is 1.16 bits per heavy atom. The average molecular weight is 530 g/mol. The van der Waals surface area contributed by atoms with E-state index >= 15 is 0 Å². The molecule has 0 saturated heterocycles. The highest BCUT2D eigenvalue weighted by Crippen LogP contribution is 2.34. The van der Waals surface area contributed by atoms with Crippen LogP contribution >= 0.6 is 11.6 Å². The molecule has 2 heterocycles. The minimum Gasteiger partial charge on any atom is -0.455 e. The monoisotopic (exact) mass is 529 g/mol. The third-order valence-corrected chi connectivity index (χ3v) is 6.19. The van der Waals surface area contributed by atoms with E-state index in [2.05, 4.69) is 16.4 Å². The fourth-order valence-corrected chi connectivity index (χ4v) is 4.42. The summed E-state index contributed by atoms with van der Waals surface area (Å²) in [5.41, 5.74) is 2.95. The quantitative estimate of drug-likeness (QED) is 0.216. The average Bonchev–Trinajstić information content (AvgIpc) is 2.86. The molecule has 2 aromatic carbocycles. The van der Waals surface area contributed by atoms with Gasteiger partial charge in [-0.2, -0.15) is 5.26 Å². The number of ether oxygens (including phenoxy) is 1. The first-order valence-electron chi connectivity index (χ1n) is 12.1. The number of anilines is 1. The molecule has 0 amide bonds. The van der Waals surface area contributed by atoms with Crippen molar-refractivity contribution in [1.82, 2.24) is 4.98 Å². The number of fused-ring (bicyclic) bond motifs is 1. The molecule has 2 aromatic heterocycles. The van der Waals surface area contributed by atoms with Gasteiger partial charge in [0, 0.05) is 16.7 Å². The molecule has 0 aliphatic heterocycles. The predicted octanol–water partition coefficient (Wildman–Crippen LogP) is 7.13. The topological polar surface area (TPSA) is 105 Å². The summed E-state index contributed by atoms with van der Waals surface area (Å²) in [5.74, 6) is -0.263. The molecule has 8 heteroatoms. The van der Waals surface area contributed by atoms with Gasteiger partial charge in [0.05, 0.1) is 28.7 Å². The van der Waals surface area contributed by atoms with Crippen LogP contribution in [0.15, 0.2) is 57.7 Å². The molecule has 4 aromatic rings. The smallest absolute Gasteiger partial charge is 0.359 e. The van der Waals surface area contributed by atoms with Crippen LogP contribution in [0.1, 0.15) is 66.5 Å². The molecule has 1 N–H and O–H groups in total. The van der Waals surface area contributed by atoms with Crippen molar-refractivity contribution in [3.63, 3.8) is 0 Å². The Morgan fingerprint density at radius 2 is 1.87 bits per heavy atom. The second-order valence-electron chi connectivity index (χ2n) is 10.2. The van der Waals surface area contributed by atoms with Crippen molar-refractivity contribution in [1.29, 1.82) is 5.26 Å². The number of benzene rings is 2. The van der Waals surface area contributed by atoms with E-state index in [-0.39, 0.29) is 16.3 Å². The summed E-state index contributed by atoms with van der Waals surface area (Å²) >= 11 is 6.10. The lowest BCUT2D eigenvalue weighted by molar-refractivity contribution is 0.00640. The van der Waals surface area contributed by atoms with Crippen LogP contribution in [0.3, 0.4) is 0 Å². The van der Waals surface area contributed by atoms with Gasteiger partial charge in [-0.15, -0.1) is 0 Å². The Morgan fingerprint density at radius 3 is 2.55 bits per heavy atom. The standard InChI is InChI=1S/C30H28ClN3O4/c1-16-13-21(18(3)33-23-11-12-24(31)34-25(23)29(36)38-30(4,5)6)28-22(14-16)26(35)17(2)27(37-28)20-10-8-7-9-19(20)15-32/h7-14,18,33H,1-6H3/t18-/m1/s1. The van der Waals surface area contributed by atoms with Crippen molar-refractivity contribution in [2.75, 3.05) is 5.32 Å². The highest BCUT2D eigenvalue weighted by molar-refractivity contribution is 6.29. The fraction of sp³-hybridized carbons (Fsp3) is 0.267. The van der Waals surface area contributed by atoms with Gasteiger partial charge in [-0.25, -0.2) is 9.78 Å². The van der Waals surface area contributed by atoms with Crippen LogP contribution in [0.25, 0.3) is 22.3 Å². The molecule has 0 radical (unpaired) electrons. The number of halogens is 1. The zero-order valence-corrected chi connectivity index (χ0v) is 22.9. The normalized spacial score (nSPS) is 12.2. The van der Waals surface area contributed by atoms with Crippen molar-refractivity contribution >= 4 is 34.2 Å². The lowest BCUT2D eigenvalue weighted by Crippen LogP contribution is -2.25. The predicted molar refractivity (Wildman–Crippen MR) is 149 cm³/mol. The molecule has 0 saturated carbocycles. The van der Waals surface area contributed by atoms with Gasteiger partial charge in [-0.3, -0.25) is 4.79 Å². The Bertz CT molecular complexity index is 1660. The number of aryl methyl sites for hydroxylation is 1. The first-order chi connectivity index (χ1) is 17.9. The van der Waals surface area contributed by atoms with Crippen LogP contribution in [0.4, 0.5) is 5.69 Å². The van der Waals surface area contributed by atoms with Crippen LogP contribution < -0.4 is 10.7 Å². The minimum absolute atomic E-state index is 0.0529. The summed E-state index contributed by atoms with van der Waals surface area (Å²) in [4.78, 5) is 30.6. The largest absolute Gasteiger partial charge is 0.455 e. The number of nitriles is 1. The molecule has 0 unspecified atom stereocenters. The molecule has 1 atom stereocenters. The second kappa shape index (κ2) is 10.3. The van der Waals surface area contributed by atoms with E-state index in [9.17, 15) is 14.9 Å². The van der Waals surface area contributed by atoms with Crippen molar-refractivity contribution in [3.8, 4) is 17.4 Å². The van der Waals surface area contributed by atoms with Crippen molar-refractivity contribution in [2.24, 2.45) is 0 Å². The molecule has 0 bridgehead atoms. The van der Waals surface area contributed by atoms with Gasteiger partial charge in [0.25, 0.3) is 0 Å². The third kappa shape index (κ3) is 5.41. The molecular weight excluding hydrogens is 502 g/mol. The number of nitrogens with zero attached hydrogens (tertiary/aromatic N) is 2. The lowest BCUT2D eigenvalue weighted by Gasteiger charge is -2.22. The first kappa shape index (κ1) is 26.9. The number of hydrogen-bond donors (Lipinski definition) is 1. The molecular formula is C30H28ClN3O4. The second-order valence-corrected chi connectivity index (χ2v) is 10.6. The summed E-state index contributed by atoms with van der Waals surface area (Å²) in [6, 6.07) is 15.7. The van der Waals surface area contributed by atoms with Gasteiger partial charge in [0.15, 0.2) is 11.1 Å². The van der Waals surface area contributed by atoms with Gasteiger partial charge < -0.3 is 14.5 Å². The molecule has 0 fully saturated rings. The maximum atomic E-state index is 13.5. The maximum absolute atomic E-state index is 13.5. The van der Waals surface area contributed by atoms with E-state index in [1.54, 1.807) is 70.2 Å². The van der Waals surface area contributed by atoms with Crippen LogP contribution in [-0.2, 0) is 4.74 Å². The third-order valence-electron chi connectivity index (χ3n) is 5.98. The fourth-order valence-electron chi connectivity index (χ4n) is 4.27. The van der Waals surface area contributed by atoms with E-state index in [0.717, 1.165) is 5.56 Å². The Hall–Kier alpha value is -4.15. The summed E-state index contributed by atoms with van der Waals surface area (Å²) in [7, 11) is 0. The van der Waals surface area contributed by atoms with Gasteiger partial charge in [-0.05, 0) is 77.4 Å². The van der Waals surface area contributed by atoms with Crippen LogP contribution in [0.2, 0.25) is 5.15 Å². The number of rotatable bonds is 5. The Labute approximate surface area is 226 Å². The lowest BCUT2D eigenvalue weighted by atomic mass is 9.97. The highest BCUT2D eigenvalue weighted by Gasteiger charge is 2.25. The number of pyridine rings is 1. The zero-order chi connectivity index (χ0) is 27.8. The molecule has 38 heavy (non-hydrogen) atoms. The molecule has 7 nitrogen and oxygen atoms in total. The number of nitrogens with one attached hydrogen (secondary N) is 1. The molecule has 0 aliphatic rings. The van der Waals surface area contributed by atoms with E-state index in [1.165, 1.54) is 0 Å². The summed E-state index contributed by atoms with van der Waals surface area (Å²) < 4.78 is 11.9. The number of esters is 1. The van der Waals surface area contributed by atoms with Crippen molar-refractivity contribution in [2.45, 2.75) is 53.2 Å². The van der Waals surface area contributed by atoms with E-state index in [4.69, 9.17) is 20.8 Å². The summed E-state index contributed by atoms with van der Waals surface area (Å²) in [6.07, 6.45) is 0. The number of carbonyl (C=O) groups excluding carboxylic acids is 1. The maximum Gasteiger partial charge on any atom is 0.359 e. The van der Waals surface area contributed by atoms with E-state index in [0.29, 0.717) is 44.7 Å². The zero-order valence-electron chi connectivity index (χ0n) is 22.1. The molecule has 0 spiro atoms. The highest BCUT2D eigenvalue weighted by atomic mass is 35.5. The van der Waals surface area contributed by atoms with Gasteiger partial charge >= 0.3 is 5.97 Å². The van der Waals surface area contributed by atoms with E-state index < -0.39 is 17.6 Å². The van der Waals surface area contributed by atoms with Crippen LogP contribution in [0.5, 0.6) is 0 Å². The number of hydrogen-bond acceptors (Lipinski definition) is 7. The van der Waals surface area contributed by atoms with Crippen LogP contribution in [-0.4, -0.2) is 16.6 Å². The Kier molecular flexibility index (Phi) is 7.30. The van der Waals surface area contributed by atoms with E-state index in [1.807, 2.05) is 19.9 Å². The first-order valence-corrected chi connectivity index (χ1v) is 12.5. The van der Waals surface area contributed by atoms with Gasteiger partial charge in [-0.1, -0.05) is 29.8 Å². The van der Waals surface area contributed by atoms with Crippen LogP contribution in [0, 0.1) is 25.2 Å². The number of aromatic nitrogens is 1. The molecule has 0 aliphatic carbocycles. The van der Waals surface area contributed by atoms with Crippen molar-refractivity contribution < 1.29 is 13.9 Å². The van der Waals surface area contributed by atoms with Gasteiger partial charge in [0.2, 0.25) is 0 Å². The summed E-state index contributed by atoms with van der Waals surface area (Å²) in [5, 5.41) is 13.5. The molecule has 4 rings (SSSR count). The summed E-state index contributed by atoms with van der Waals surface area (Å²) in [6.45, 7) is 10.8.